The smallest absolute Gasteiger partial charge is 0.267 e. The van der Waals surface area contributed by atoms with Crippen LogP contribution in [0.5, 0.6) is 0 Å². The average Bonchev–Trinajstić information content (AvgIpc) is 3.42. The zero-order chi connectivity index (χ0) is 21.4. The van der Waals surface area contributed by atoms with Crippen LogP contribution in [0.1, 0.15) is 27.5 Å². The highest BCUT2D eigenvalue weighted by Crippen LogP contribution is 2.36. The van der Waals surface area contributed by atoms with Gasteiger partial charge in [-0.25, -0.2) is 9.97 Å². The van der Waals surface area contributed by atoms with Crippen molar-refractivity contribution in [2.75, 3.05) is 6.61 Å². The van der Waals surface area contributed by atoms with E-state index in [2.05, 4.69) is 15.2 Å². The Morgan fingerprint density at radius 3 is 2.77 bits per heavy atom. The summed E-state index contributed by atoms with van der Waals surface area (Å²) < 4.78 is 3.50. The third-order valence-corrected chi connectivity index (χ3v) is 5.85. The Labute approximate surface area is 176 Å². The molecule has 1 amide bonds. The first kappa shape index (κ1) is 20.1. The van der Waals surface area contributed by atoms with Gasteiger partial charge in [0.25, 0.3) is 5.91 Å². The van der Waals surface area contributed by atoms with Gasteiger partial charge >= 0.3 is 0 Å². The molecule has 0 atom stereocenters. The second kappa shape index (κ2) is 7.94. The van der Waals surface area contributed by atoms with Crippen LogP contribution in [0.25, 0.3) is 33.0 Å². The highest BCUT2D eigenvalue weighted by molar-refractivity contribution is 7.15. The lowest BCUT2D eigenvalue weighted by Crippen LogP contribution is -2.14. The van der Waals surface area contributed by atoms with Crippen LogP contribution < -0.4 is 11.5 Å². The number of aliphatic hydroxyl groups is 1. The van der Waals surface area contributed by atoms with Crippen LogP contribution in [0.15, 0.2) is 18.3 Å². The topological polar surface area (TPSA) is 151 Å². The largest absolute Gasteiger partial charge is 0.396 e. The standard InChI is InChI=1S/C19H22N8O2S/c1-10-6-14(27(25-10)4-3-5-28)19-24-17(15(8-20)30-19)16-11-9-22-26(2)13(11)7-12(23-16)18(21)29/h6-7,9,28H,3-5,8,20H2,1-2H3,(H2,21,29). The lowest BCUT2D eigenvalue weighted by Gasteiger charge is -2.05. The van der Waals surface area contributed by atoms with Crippen LogP contribution in [-0.2, 0) is 20.1 Å². The highest BCUT2D eigenvalue weighted by Gasteiger charge is 2.22. The zero-order valence-corrected chi connectivity index (χ0v) is 17.5. The van der Waals surface area contributed by atoms with Crippen molar-refractivity contribution in [3.05, 3.63) is 34.6 Å². The van der Waals surface area contributed by atoms with E-state index in [4.69, 9.17) is 16.5 Å². The number of nitrogens with two attached hydrogens (primary N) is 2. The summed E-state index contributed by atoms with van der Waals surface area (Å²) >= 11 is 1.46. The Balaban J connectivity index is 1.90. The molecule has 4 heterocycles. The number of fused-ring (bicyclic) bond motifs is 1. The van der Waals surface area contributed by atoms with Crippen molar-refractivity contribution < 1.29 is 9.90 Å². The fourth-order valence-corrected chi connectivity index (χ4v) is 4.30. The number of hydrogen-bond donors (Lipinski definition) is 3. The molecule has 10 nitrogen and oxygen atoms in total. The van der Waals surface area contributed by atoms with Crippen molar-refractivity contribution in [3.63, 3.8) is 0 Å². The second-order valence-corrected chi connectivity index (χ2v) is 7.97. The minimum absolute atomic E-state index is 0.0817. The summed E-state index contributed by atoms with van der Waals surface area (Å²) in [4.78, 5) is 22.0. The number of nitrogens with zero attached hydrogens (tertiary/aromatic N) is 6. The summed E-state index contributed by atoms with van der Waals surface area (Å²) in [6.07, 6.45) is 2.28. The molecular weight excluding hydrogens is 404 g/mol. The minimum atomic E-state index is -0.623. The van der Waals surface area contributed by atoms with Gasteiger partial charge in [0.1, 0.15) is 22.1 Å². The number of carbonyl (C=O) groups is 1. The van der Waals surface area contributed by atoms with E-state index >= 15 is 0 Å². The lowest BCUT2D eigenvalue weighted by atomic mass is 10.1. The molecule has 30 heavy (non-hydrogen) atoms. The van der Waals surface area contributed by atoms with E-state index in [1.807, 2.05) is 17.7 Å². The van der Waals surface area contributed by atoms with Crippen molar-refractivity contribution in [3.8, 4) is 22.1 Å². The monoisotopic (exact) mass is 426 g/mol. The quantitative estimate of drug-likeness (QED) is 0.402. The van der Waals surface area contributed by atoms with E-state index in [0.717, 1.165) is 32.2 Å². The third-order valence-electron chi connectivity index (χ3n) is 4.75. The molecule has 0 fully saturated rings. The number of hydrogen-bond acceptors (Lipinski definition) is 8. The molecule has 0 aromatic carbocycles. The SMILES string of the molecule is Cc1cc(-c2nc(-c3nc(C(N)=O)cc4c3cnn4C)c(CN)s2)n(CCCO)n1. The maximum atomic E-state index is 11.8. The molecule has 0 aliphatic rings. The number of amides is 1. The summed E-state index contributed by atoms with van der Waals surface area (Å²) in [6.45, 7) is 2.84. The molecule has 4 rings (SSSR count). The molecule has 0 saturated heterocycles. The molecule has 5 N–H and O–H groups in total. The van der Waals surface area contributed by atoms with Gasteiger partial charge in [0.2, 0.25) is 0 Å². The zero-order valence-electron chi connectivity index (χ0n) is 16.7. The van der Waals surface area contributed by atoms with E-state index in [-0.39, 0.29) is 18.8 Å². The number of primary amides is 1. The van der Waals surface area contributed by atoms with Crippen molar-refractivity contribution in [2.45, 2.75) is 26.4 Å². The molecule has 0 spiro atoms. The summed E-state index contributed by atoms with van der Waals surface area (Å²) in [5.41, 5.74) is 15.2. The summed E-state index contributed by atoms with van der Waals surface area (Å²) in [5, 5.41) is 19.5. The first-order chi connectivity index (χ1) is 14.4. The maximum absolute atomic E-state index is 11.8. The first-order valence-electron chi connectivity index (χ1n) is 9.41. The molecule has 4 aromatic heterocycles. The number of thiazole rings is 1. The second-order valence-electron chi connectivity index (χ2n) is 6.89. The molecule has 0 bridgehead atoms. The Bertz CT molecular complexity index is 1240. The predicted molar refractivity (Wildman–Crippen MR) is 114 cm³/mol. The van der Waals surface area contributed by atoms with E-state index in [1.165, 1.54) is 11.3 Å². The van der Waals surface area contributed by atoms with Crippen molar-refractivity contribution in [2.24, 2.45) is 18.5 Å². The van der Waals surface area contributed by atoms with Gasteiger partial charge in [0, 0.05) is 37.0 Å². The van der Waals surface area contributed by atoms with Gasteiger partial charge in [-0.1, -0.05) is 0 Å². The Hall–Kier alpha value is -3.15. The summed E-state index contributed by atoms with van der Waals surface area (Å²) in [5.74, 6) is -0.623. The van der Waals surface area contributed by atoms with Gasteiger partial charge in [0.15, 0.2) is 0 Å². The average molecular weight is 427 g/mol. The number of aryl methyl sites for hydroxylation is 3. The molecule has 0 aliphatic carbocycles. The van der Waals surface area contributed by atoms with Gasteiger partial charge in [0.05, 0.1) is 23.1 Å². The van der Waals surface area contributed by atoms with Gasteiger partial charge in [-0.05, 0) is 25.5 Å². The fraction of sp³-hybridized carbons (Fsp3) is 0.316. The summed E-state index contributed by atoms with van der Waals surface area (Å²) in [7, 11) is 1.79. The van der Waals surface area contributed by atoms with Gasteiger partial charge in [-0.3, -0.25) is 14.2 Å². The van der Waals surface area contributed by atoms with Crippen LogP contribution in [0.4, 0.5) is 0 Å². The number of rotatable bonds is 7. The van der Waals surface area contributed by atoms with Crippen LogP contribution in [-0.4, -0.2) is 47.1 Å². The number of carbonyl (C=O) groups excluding carboxylic acids is 1. The number of aliphatic hydroxyl groups excluding tert-OH is 1. The van der Waals surface area contributed by atoms with E-state index in [0.29, 0.717) is 24.4 Å². The molecular formula is C19H22N8O2S. The van der Waals surface area contributed by atoms with Crippen LogP contribution in [0, 0.1) is 6.92 Å². The van der Waals surface area contributed by atoms with Gasteiger partial charge in [-0.2, -0.15) is 10.2 Å². The van der Waals surface area contributed by atoms with Crippen LogP contribution in [0.3, 0.4) is 0 Å². The van der Waals surface area contributed by atoms with E-state index < -0.39 is 5.91 Å². The number of aromatic nitrogens is 6. The Morgan fingerprint density at radius 1 is 1.27 bits per heavy atom. The first-order valence-corrected chi connectivity index (χ1v) is 10.2. The van der Waals surface area contributed by atoms with Crippen LogP contribution >= 0.6 is 11.3 Å². The van der Waals surface area contributed by atoms with Crippen molar-refractivity contribution in [1.29, 1.82) is 0 Å². The van der Waals surface area contributed by atoms with E-state index in [1.54, 1.807) is 24.0 Å². The molecule has 0 aliphatic heterocycles. The molecule has 11 heteroatoms. The molecule has 156 valence electrons. The highest BCUT2D eigenvalue weighted by atomic mass is 32.1. The van der Waals surface area contributed by atoms with Crippen LogP contribution in [0.2, 0.25) is 0 Å². The van der Waals surface area contributed by atoms with Crippen molar-refractivity contribution in [1.82, 2.24) is 29.5 Å². The number of pyridine rings is 1. The van der Waals surface area contributed by atoms with Gasteiger partial charge in [-0.15, -0.1) is 11.3 Å². The normalized spacial score (nSPS) is 11.5. The fourth-order valence-electron chi connectivity index (χ4n) is 3.34. The molecule has 4 aromatic rings. The van der Waals surface area contributed by atoms with Crippen molar-refractivity contribution >= 4 is 28.1 Å². The lowest BCUT2D eigenvalue weighted by molar-refractivity contribution is 0.0996. The molecule has 0 saturated carbocycles. The van der Waals surface area contributed by atoms with Gasteiger partial charge < -0.3 is 16.6 Å². The predicted octanol–water partition coefficient (Wildman–Crippen LogP) is 1.20. The Morgan fingerprint density at radius 2 is 2.07 bits per heavy atom. The summed E-state index contributed by atoms with van der Waals surface area (Å²) in [6, 6.07) is 3.57. The third kappa shape index (κ3) is 3.47. The minimum Gasteiger partial charge on any atom is -0.396 e. The molecule has 0 radical (unpaired) electrons. The molecule has 0 unspecified atom stereocenters. The Kier molecular flexibility index (Phi) is 5.33. The maximum Gasteiger partial charge on any atom is 0.267 e. The van der Waals surface area contributed by atoms with E-state index in [9.17, 15) is 9.90 Å².